The van der Waals surface area contributed by atoms with Crippen molar-refractivity contribution in [2.45, 2.75) is 59.2 Å². The number of carboxylic acids is 1. The summed E-state index contributed by atoms with van der Waals surface area (Å²) >= 11 is 0. The van der Waals surface area contributed by atoms with E-state index >= 15 is 0 Å². The summed E-state index contributed by atoms with van der Waals surface area (Å²) in [6, 6.07) is 15.9. The predicted molar refractivity (Wildman–Crippen MR) is 161 cm³/mol. The third-order valence-electron chi connectivity index (χ3n) is 7.57. The Bertz CT molecular complexity index is 1680. The van der Waals surface area contributed by atoms with E-state index in [1.54, 1.807) is 36.5 Å². The summed E-state index contributed by atoms with van der Waals surface area (Å²) in [7, 11) is 0. The van der Waals surface area contributed by atoms with Crippen molar-refractivity contribution in [2.75, 3.05) is 13.1 Å². The monoisotopic (exact) mass is 585 g/mol. The van der Waals surface area contributed by atoms with Crippen molar-refractivity contribution in [3.05, 3.63) is 107 Å². The predicted octanol–water partition coefficient (Wildman–Crippen LogP) is 6.60. The molecule has 6 rings (SSSR count). The van der Waals surface area contributed by atoms with Crippen molar-refractivity contribution in [3.8, 4) is 5.88 Å². The van der Waals surface area contributed by atoms with Gasteiger partial charge in [-0.25, -0.2) is 24.1 Å². The average Bonchev–Trinajstić information content (AvgIpc) is 3.66. The van der Waals surface area contributed by atoms with Gasteiger partial charge in [0.15, 0.2) is 6.39 Å². The first kappa shape index (κ1) is 29.9. The van der Waals surface area contributed by atoms with Gasteiger partial charge < -0.3 is 18.8 Å². The first-order valence-electron chi connectivity index (χ1n) is 14.6. The lowest BCUT2D eigenvalue weighted by Crippen LogP contribution is -2.33. The van der Waals surface area contributed by atoms with Crippen molar-refractivity contribution < 1.29 is 23.4 Å². The molecule has 2 aromatic carbocycles. The van der Waals surface area contributed by atoms with E-state index in [1.165, 1.54) is 12.5 Å². The number of aromatic nitrogens is 4. The summed E-state index contributed by atoms with van der Waals surface area (Å²) in [5, 5.41) is 9.50. The van der Waals surface area contributed by atoms with Crippen molar-refractivity contribution in [3.63, 3.8) is 0 Å². The molecule has 4 heterocycles. The molecule has 224 valence electrons. The molecule has 5 aromatic rings. The second-order valence-electron chi connectivity index (χ2n) is 10.4. The van der Waals surface area contributed by atoms with Gasteiger partial charge in [-0.2, -0.15) is 0 Å². The lowest BCUT2D eigenvalue weighted by Gasteiger charge is -2.31. The van der Waals surface area contributed by atoms with Crippen LogP contribution in [0.5, 0.6) is 5.88 Å². The number of aryl methyl sites for hydroxylation is 1. The molecule has 0 aliphatic carbocycles. The number of benzene rings is 2. The van der Waals surface area contributed by atoms with E-state index in [9.17, 15) is 14.3 Å². The van der Waals surface area contributed by atoms with Crippen LogP contribution in [-0.2, 0) is 19.7 Å². The van der Waals surface area contributed by atoms with Gasteiger partial charge >= 0.3 is 5.97 Å². The van der Waals surface area contributed by atoms with E-state index in [2.05, 4.69) is 9.88 Å². The quantitative estimate of drug-likeness (QED) is 0.206. The molecule has 9 nitrogen and oxygen atoms in total. The van der Waals surface area contributed by atoms with Crippen LogP contribution in [0.2, 0.25) is 0 Å². The molecule has 1 aliphatic heterocycles. The van der Waals surface area contributed by atoms with Crippen molar-refractivity contribution in [2.24, 2.45) is 0 Å². The molecule has 1 N–H and O–H groups in total. The van der Waals surface area contributed by atoms with Gasteiger partial charge in [-0.15, -0.1) is 0 Å². The smallest absolute Gasteiger partial charge is 0.335 e. The largest absolute Gasteiger partial charge is 0.478 e. The molecule has 1 fully saturated rings. The van der Waals surface area contributed by atoms with Crippen molar-refractivity contribution in [1.29, 1.82) is 0 Å². The lowest BCUT2D eigenvalue weighted by atomic mass is 9.93. The SMILES string of the molecule is CC.Cc1ccc(COc2cccc(C3CCN(Cc4nc5ccc(C(=O)O)cc5n4Cc4cnco4)CC3)n2)c(F)c1. The highest BCUT2D eigenvalue weighted by atomic mass is 19.1. The van der Waals surface area contributed by atoms with Crippen LogP contribution in [0.4, 0.5) is 4.39 Å². The number of piperidine rings is 1. The zero-order valence-corrected chi connectivity index (χ0v) is 24.7. The fourth-order valence-electron chi connectivity index (χ4n) is 5.33. The lowest BCUT2D eigenvalue weighted by molar-refractivity contribution is 0.0697. The number of aromatic carboxylic acids is 1. The van der Waals surface area contributed by atoms with Gasteiger partial charge in [-0.3, -0.25) is 4.90 Å². The van der Waals surface area contributed by atoms with E-state index in [4.69, 9.17) is 19.1 Å². The summed E-state index contributed by atoms with van der Waals surface area (Å²) in [5.74, 6) is 1.04. The fraction of sp³-hybridized carbons (Fsp3) is 0.333. The molecular formula is C33H36FN5O4. The third-order valence-corrected chi connectivity index (χ3v) is 7.57. The number of imidazole rings is 1. The van der Waals surface area contributed by atoms with Gasteiger partial charge in [0.1, 0.15) is 24.0 Å². The number of rotatable bonds is 9. The molecule has 0 unspecified atom stereocenters. The number of carbonyl (C=O) groups is 1. The standard InChI is InChI=1S/C31H30FN5O4.C2H6/c1-20-5-6-23(25(32)13-20)18-40-30-4-2-3-26(35-30)21-9-11-36(12-10-21)17-29-34-27-8-7-22(31(38)39)14-28(27)37(29)16-24-15-33-19-41-24;1-2/h2-8,13-15,19,21H,9-12,16-18H2,1H3,(H,38,39);1-2H3. The number of pyridine rings is 1. The van der Waals surface area contributed by atoms with Crippen LogP contribution in [0.15, 0.2) is 71.6 Å². The summed E-state index contributed by atoms with van der Waals surface area (Å²) in [5.41, 5.74) is 4.06. The topological polar surface area (TPSA) is 107 Å². The Balaban J connectivity index is 0.00000180. The Morgan fingerprint density at radius 2 is 1.88 bits per heavy atom. The van der Waals surface area contributed by atoms with Crippen LogP contribution in [0.1, 0.15) is 71.4 Å². The van der Waals surface area contributed by atoms with Crippen LogP contribution < -0.4 is 4.74 Å². The van der Waals surface area contributed by atoms with Crippen LogP contribution in [0, 0.1) is 12.7 Å². The number of hydrogen-bond donors (Lipinski definition) is 1. The molecule has 0 bridgehead atoms. The van der Waals surface area contributed by atoms with Gasteiger partial charge in [-0.1, -0.05) is 32.0 Å². The first-order valence-corrected chi connectivity index (χ1v) is 14.6. The molecule has 0 amide bonds. The number of oxazole rings is 1. The maximum atomic E-state index is 14.2. The summed E-state index contributed by atoms with van der Waals surface area (Å²) in [4.78, 5) is 27.5. The number of fused-ring (bicyclic) bond motifs is 1. The first-order chi connectivity index (χ1) is 20.9. The molecule has 10 heteroatoms. The van der Waals surface area contributed by atoms with Gasteiger partial charge in [0.25, 0.3) is 0 Å². The van der Waals surface area contributed by atoms with Crippen LogP contribution in [-0.4, -0.2) is 48.6 Å². The van der Waals surface area contributed by atoms with E-state index in [-0.39, 0.29) is 23.9 Å². The molecule has 43 heavy (non-hydrogen) atoms. The van der Waals surface area contributed by atoms with E-state index in [1.807, 2.05) is 43.5 Å². The normalized spacial score (nSPS) is 14.0. The molecule has 0 atom stereocenters. The third kappa shape index (κ3) is 7.09. The number of halogens is 1. The second-order valence-corrected chi connectivity index (χ2v) is 10.4. The molecule has 1 saturated heterocycles. The van der Waals surface area contributed by atoms with E-state index in [0.717, 1.165) is 54.0 Å². The minimum atomic E-state index is -0.978. The summed E-state index contributed by atoms with van der Waals surface area (Å²) in [6.45, 7) is 8.74. The second kappa shape index (κ2) is 13.6. The summed E-state index contributed by atoms with van der Waals surface area (Å²) in [6.07, 6.45) is 4.89. The molecule has 0 spiro atoms. The molecule has 0 saturated carbocycles. The zero-order valence-electron chi connectivity index (χ0n) is 24.7. The fourth-order valence-corrected chi connectivity index (χ4v) is 5.33. The van der Waals surface area contributed by atoms with Crippen LogP contribution in [0.3, 0.4) is 0 Å². The summed E-state index contributed by atoms with van der Waals surface area (Å²) < 4.78 is 27.5. The highest BCUT2D eigenvalue weighted by Gasteiger charge is 2.24. The minimum absolute atomic E-state index is 0.129. The van der Waals surface area contributed by atoms with E-state index in [0.29, 0.717) is 30.3 Å². The Hall–Kier alpha value is -4.57. The van der Waals surface area contributed by atoms with Crippen molar-refractivity contribution in [1.82, 2.24) is 24.4 Å². The maximum Gasteiger partial charge on any atom is 0.335 e. The van der Waals surface area contributed by atoms with Gasteiger partial charge in [0.2, 0.25) is 5.88 Å². The average molecular weight is 586 g/mol. The molecule has 0 radical (unpaired) electrons. The molecule has 3 aromatic heterocycles. The number of carboxylic acid groups (broad SMARTS) is 1. The number of likely N-dealkylation sites (tertiary alicyclic amines) is 1. The highest BCUT2D eigenvalue weighted by molar-refractivity contribution is 5.92. The maximum absolute atomic E-state index is 14.2. The Kier molecular flexibility index (Phi) is 9.46. The molecular weight excluding hydrogens is 549 g/mol. The van der Waals surface area contributed by atoms with E-state index < -0.39 is 5.97 Å². The minimum Gasteiger partial charge on any atom is -0.478 e. The number of ether oxygens (including phenoxy) is 1. The van der Waals surface area contributed by atoms with Gasteiger partial charge in [0.05, 0.1) is 35.9 Å². The number of hydrogen-bond acceptors (Lipinski definition) is 7. The number of nitrogens with zero attached hydrogens (tertiary/aromatic N) is 5. The Labute approximate surface area is 250 Å². The van der Waals surface area contributed by atoms with Crippen LogP contribution in [0.25, 0.3) is 11.0 Å². The van der Waals surface area contributed by atoms with Crippen LogP contribution >= 0.6 is 0 Å². The Morgan fingerprint density at radius 1 is 1.07 bits per heavy atom. The zero-order chi connectivity index (χ0) is 30.3. The van der Waals surface area contributed by atoms with Gasteiger partial charge in [-0.05, 0) is 68.8 Å². The highest BCUT2D eigenvalue weighted by Crippen LogP contribution is 2.29. The van der Waals surface area contributed by atoms with Gasteiger partial charge in [0, 0.05) is 23.2 Å². The van der Waals surface area contributed by atoms with Crippen molar-refractivity contribution >= 4 is 17.0 Å². The Morgan fingerprint density at radius 3 is 2.60 bits per heavy atom. The molecule has 1 aliphatic rings.